The lowest BCUT2D eigenvalue weighted by atomic mass is 9.87. The van der Waals surface area contributed by atoms with Gasteiger partial charge in [0.05, 0.1) is 12.6 Å². The van der Waals surface area contributed by atoms with Gasteiger partial charge < -0.3 is 16.4 Å². The van der Waals surface area contributed by atoms with Crippen LogP contribution in [-0.4, -0.2) is 24.4 Å². The quantitative estimate of drug-likeness (QED) is 0.761. The first-order chi connectivity index (χ1) is 8.80. The molecular weight excluding hydrogens is 242 g/mol. The second-order valence-electron chi connectivity index (χ2n) is 5.48. The van der Waals surface area contributed by atoms with E-state index in [-0.39, 0.29) is 23.8 Å². The molecule has 0 aliphatic rings. The fourth-order valence-electron chi connectivity index (χ4n) is 1.40. The Balaban J connectivity index is 2.41. The van der Waals surface area contributed by atoms with Crippen LogP contribution in [0.15, 0.2) is 30.3 Å². The molecule has 5 nitrogen and oxygen atoms in total. The molecule has 0 saturated heterocycles. The lowest BCUT2D eigenvalue weighted by Crippen LogP contribution is -2.50. The maximum atomic E-state index is 11.7. The van der Waals surface area contributed by atoms with Crippen LogP contribution in [0.1, 0.15) is 20.8 Å². The van der Waals surface area contributed by atoms with Crippen LogP contribution >= 0.6 is 0 Å². The minimum Gasteiger partial charge on any atom is -0.346 e. The first-order valence-electron chi connectivity index (χ1n) is 6.19. The average molecular weight is 263 g/mol. The molecule has 1 atom stereocenters. The zero-order valence-corrected chi connectivity index (χ0v) is 11.6. The molecule has 104 valence electrons. The number of rotatable bonds is 4. The zero-order chi connectivity index (χ0) is 14.5. The van der Waals surface area contributed by atoms with E-state index in [2.05, 4.69) is 10.6 Å². The molecule has 0 fully saturated rings. The van der Waals surface area contributed by atoms with E-state index in [4.69, 9.17) is 5.73 Å². The van der Waals surface area contributed by atoms with Gasteiger partial charge in [0.15, 0.2) is 0 Å². The summed E-state index contributed by atoms with van der Waals surface area (Å²) < 4.78 is 0. The van der Waals surface area contributed by atoms with E-state index >= 15 is 0 Å². The van der Waals surface area contributed by atoms with E-state index < -0.39 is 6.04 Å². The van der Waals surface area contributed by atoms with E-state index in [9.17, 15) is 9.59 Å². The molecule has 0 aliphatic heterocycles. The third-order valence-corrected chi connectivity index (χ3v) is 2.70. The number of benzene rings is 1. The van der Waals surface area contributed by atoms with Crippen LogP contribution in [0.2, 0.25) is 0 Å². The number of amides is 2. The zero-order valence-electron chi connectivity index (χ0n) is 11.6. The third-order valence-electron chi connectivity index (χ3n) is 2.70. The summed E-state index contributed by atoms with van der Waals surface area (Å²) in [6.07, 6.45) is 0. The molecule has 0 spiro atoms. The summed E-state index contributed by atoms with van der Waals surface area (Å²) in [7, 11) is 0. The third kappa shape index (κ3) is 5.09. The Morgan fingerprint density at radius 2 is 1.79 bits per heavy atom. The van der Waals surface area contributed by atoms with E-state index in [0.29, 0.717) is 5.69 Å². The van der Waals surface area contributed by atoms with Gasteiger partial charge in [-0.1, -0.05) is 39.0 Å². The van der Waals surface area contributed by atoms with Crippen molar-refractivity contribution in [1.82, 2.24) is 5.32 Å². The summed E-state index contributed by atoms with van der Waals surface area (Å²) in [6.45, 7) is 5.54. The summed E-state index contributed by atoms with van der Waals surface area (Å²) in [5.41, 5.74) is 6.15. The largest absolute Gasteiger partial charge is 0.346 e. The summed E-state index contributed by atoms with van der Waals surface area (Å²) in [4.78, 5) is 23.4. The summed E-state index contributed by atoms with van der Waals surface area (Å²) >= 11 is 0. The molecule has 0 saturated carbocycles. The predicted octanol–water partition coefficient (Wildman–Crippen LogP) is 1.11. The molecule has 0 unspecified atom stereocenters. The fraction of sp³-hybridized carbons (Fsp3) is 0.429. The van der Waals surface area contributed by atoms with Crippen LogP contribution in [-0.2, 0) is 9.59 Å². The van der Waals surface area contributed by atoms with Gasteiger partial charge in [-0.25, -0.2) is 0 Å². The van der Waals surface area contributed by atoms with Gasteiger partial charge in [-0.15, -0.1) is 0 Å². The maximum absolute atomic E-state index is 11.7. The first-order valence-corrected chi connectivity index (χ1v) is 6.19. The van der Waals surface area contributed by atoms with Gasteiger partial charge in [0.2, 0.25) is 11.8 Å². The van der Waals surface area contributed by atoms with Gasteiger partial charge in [0, 0.05) is 5.69 Å². The van der Waals surface area contributed by atoms with Gasteiger partial charge in [-0.05, 0) is 17.5 Å². The number of hydrogen-bond acceptors (Lipinski definition) is 3. The number of nitrogens with one attached hydrogen (secondary N) is 2. The molecule has 4 N–H and O–H groups in total. The Labute approximate surface area is 113 Å². The number of carbonyl (C=O) groups is 2. The molecule has 5 heteroatoms. The van der Waals surface area contributed by atoms with E-state index in [1.54, 1.807) is 12.1 Å². The number of nitrogens with two attached hydrogens (primary N) is 1. The van der Waals surface area contributed by atoms with Crippen molar-refractivity contribution in [2.24, 2.45) is 11.1 Å². The standard InChI is InChI=1S/C14H21N3O2/c1-14(2,3)12(15)13(19)16-9-11(18)17-10-7-5-4-6-8-10/h4-8,12H,9,15H2,1-3H3,(H,16,19)(H,17,18)/t12-/m1/s1. The Kier molecular flexibility index (Phi) is 5.06. The Morgan fingerprint density at radius 1 is 1.21 bits per heavy atom. The molecule has 1 rings (SSSR count). The highest BCUT2D eigenvalue weighted by atomic mass is 16.2. The Bertz CT molecular complexity index is 438. The fourth-order valence-corrected chi connectivity index (χ4v) is 1.40. The highest BCUT2D eigenvalue weighted by molar-refractivity contribution is 5.95. The van der Waals surface area contributed by atoms with Crippen LogP contribution in [0.4, 0.5) is 5.69 Å². The number of carbonyl (C=O) groups excluding carboxylic acids is 2. The van der Waals surface area contributed by atoms with Gasteiger partial charge in [-0.2, -0.15) is 0 Å². The van der Waals surface area contributed by atoms with Crippen LogP contribution in [0.3, 0.4) is 0 Å². The average Bonchev–Trinajstić information content (AvgIpc) is 2.35. The maximum Gasteiger partial charge on any atom is 0.243 e. The first kappa shape index (κ1) is 15.2. The van der Waals surface area contributed by atoms with Crippen LogP contribution in [0.5, 0.6) is 0 Å². The van der Waals surface area contributed by atoms with Gasteiger partial charge >= 0.3 is 0 Å². The Hall–Kier alpha value is -1.88. The molecule has 0 radical (unpaired) electrons. The number of para-hydroxylation sites is 1. The van der Waals surface area contributed by atoms with Gasteiger partial charge in [0.1, 0.15) is 0 Å². The summed E-state index contributed by atoms with van der Waals surface area (Å²) in [5.74, 6) is -0.601. The second kappa shape index (κ2) is 6.33. The normalized spacial score (nSPS) is 12.6. The van der Waals surface area contributed by atoms with Crippen LogP contribution in [0, 0.1) is 5.41 Å². The Morgan fingerprint density at radius 3 is 2.32 bits per heavy atom. The summed E-state index contributed by atoms with van der Waals surface area (Å²) in [5, 5.41) is 5.21. The van der Waals surface area contributed by atoms with Crippen molar-refractivity contribution in [3.05, 3.63) is 30.3 Å². The van der Waals surface area contributed by atoms with Crippen molar-refractivity contribution < 1.29 is 9.59 Å². The minimum atomic E-state index is -0.642. The lowest BCUT2D eigenvalue weighted by Gasteiger charge is -2.25. The topological polar surface area (TPSA) is 84.2 Å². The van der Waals surface area contributed by atoms with Crippen molar-refractivity contribution >= 4 is 17.5 Å². The van der Waals surface area contributed by atoms with Crippen molar-refractivity contribution in [1.29, 1.82) is 0 Å². The molecule has 19 heavy (non-hydrogen) atoms. The van der Waals surface area contributed by atoms with Crippen molar-refractivity contribution in [3.63, 3.8) is 0 Å². The van der Waals surface area contributed by atoms with E-state index in [1.165, 1.54) is 0 Å². The molecule has 1 aromatic carbocycles. The smallest absolute Gasteiger partial charge is 0.243 e. The van der Waals surface area contributed by atoms with Gasteiger partial charge in [-0.3, -0.25) is 9.59 Å². The monoisotopic (exact) mass is 263 g/mol. The van der Waals surface area contributed by atoms with E-state index in [1.807, 2.05) is 39.0 Å². The van der Waals surface area contributed by atoms with E-state index in [0.717, 1.165) is 0 Å². The minimum absolute atomic E-state index is 0.0858. The van der Waals surface area contributed by atoms with Gasteiger partial charge in [0.25, 0.3) is 0 Å². The van der Waals surface area contributed by atoms with Crippen molar-refractivity contribution in [2.45, 2.75) is 26.8 Å². The number of anilines is 1. The molecule has 0 bridgehead atoms. The van der Waals surface area contributed by atoms with Crippen LogP contribution in [0.25, 0.3) is 0 Å². The highest BCUT2D eigenvalue weighted by Gasteiger charge is 2.27. The lowest BCUT2D eigenvalue weighted by molar-refractivity contribution is -0.126. The van der Waals surface area contributed by atoms with Crippen molar-refractivity contribution in [3.8, 4) is 0 Å². The molecule has 1 aromatic rings. The molecule has 0 aliphatic carbocycles. The second-order valence-corrected chi connectivity index (χ2v) is 5.48. The molecule has 0 heterocycles. The summed E-state index contributed by atoms with van der Waals surface area (Å²) in [6, 6.07) is 8.42. The van der Waals surface area contributed by atoms with Crippen molar-refractivity contribution in [2.75, 3.05) is 11.9 Å². The SMILES string of the molecule is CC(C)(C)[C@H](N)C(=O)NCC(=O)Nc1ccccc1. The molecule has 0 aromatic heterocycles. The highest BCUT2D eigenvalue weighted by Crippen LogP contribution is 2.16. The molecule has 2 amide bonds. The predicted molar refractivity (Wildman–Crippen MR) is 75.5 cm³/mol. The number of hydrogen-bond donors (Lipinski definition) is 3. The van der Waals surface area contributed by atoms with Crippen LogP contribution < -0.4 is 16.4 Å². The molecular formula is C14H21N3O2.